The number of nitrogens with zero attached hydrogens (tertiary/aromatic N) is 1. The zero-order valence-electron chi connectivity index (χ0n) is 8.66. The summed E-state index contributed by atoms with van der Waals surface area (Å²) in [6, 6.07) is 5.29. The molecule has 1 aromatic rings. The smallest absolute Gasteiger partial charge is 0.265 e. The summed E-state index contributed by atoms with van der Waals surface area (Å²) in [4.78, 5) is 11.6. The number of anilines is 1. The van der Waals surface area contributed by atoms with Crippen molar-refractivity contribution in [3.63, 3.8) is 0 Å². The van der Waals surface area contributed by atoms with Gasteiger partial charge in [-0.3, -0.25) is 10.2 Å². The molecule has 0 radical (unpaired) electrons. The number of hydrogen-bond donors (Lipinski definition) is 2. The number of aryl methyl sites for hydroxylation is 1. The average molecular weight is 193 g/mol. The van der Waals surface area contributed by atoms with Gasteiger partial charge in [0.15, 0.2) is 0 Å². The first-order chi connectivity index (χ1) is 6.49. The lowest BCUT2D eigenvalue weighted by Gasteiger charge is -2.12. The summed E-state index contributed by atoms with van der Waals surface area (Å²) in [5.41, 5.74) is 10.5. The number of nitrogens with one attached hydrogen (secondary N) is 1. The van der Waals surface area contributed by atoms with Crippen molar-refractivity contribution in [2.24, 2.45) is 0 Å². The molecular formula is C10H15N3O. The van der Waals surface area contributed by atoms with Gasteiger partial charge in [-0.15, -0.1) is 0 Å². The SMILES string of the molecule is Cc1cc(N)cc(C(=O)NN(C)C)c1. The van der Waals surface area contributed by atoms with Crippen LogP contribution in [0.2, 0.25) is 0 Å². The van der Waals surface area contributed by atoms with Gasteiger partial charge in [0.1, 0.15) is 0 Å². The monoisotopic (exact) mass is 193 g/mol. The van der Waals surface area contributed by atoms with Crippen LogP contribution in [0.25, 0.3) is 0 Å². The van der Waals surface area contributed by atoms with Gasteiger partial charge in [0, 0.05) is 25.3 Å². The standard InChI is InChI=1S/C10H15N3O/c1-7-4-8(6-9(11)5-7)10(14)12-13(2)3/h4-6H,11H2,1-3H3,(H,12,14). The van der Waals surface area contributed by atoms with Crippen molar-refractivity contribution >= 4 is 11.6 Å². The Bertz CT molecular complexity index is 327. The van der Waals surface area contributed by atoms with Crippen LogP contribution < -0.4 is 11.2 Å². The fraction of sp³-hybridized carbons (Fsp3) is 0.300. The predicted octanol–water partition coefficient (Wildman–Crippen LogP) is 0.784. The lowest BCUT2D eigenvalue weighted by molar-refractivity contribution is 0.0857. The van der Waals surface area contributed by atoms with Gasteiger partial charge in [-0.25, -0.2) is 5.01 Å². The van der Waals surface area contributed by atoms with Crippen molar-refractivity contribution in [3.8, 4) is 0 Å². The van der Waals surface area contributed by atoms with Crippen LogP contribution in [0.5, 0.6) is 0 Å². The van der Waals surface area contributed by atoms with Crippen LogP contribution in [0.4, 0.5) is 5.69 Å². The van der Waals surface area contributed by atoms with E-state index in [-0.39, 0.29) is 5.91 Å². The highest BCUT2D eigenvalue weighted by atomic mass is 16.2. The minimum absolute atomic E-state index is 0.148. The lowest BCUT2D eigenvalue weighted by atomic mass is 10.1. The minimum atomic E-state index is -0.148. The largest absolute Gasteiger partial charge is 0.399 e. The number of nitrogens with two attached hydrogens (primary N) is 1. The van der Waals surface area contributed by atoms with E-state index in [2.05, 4.69) is 5.43 Å². The molecule has 0 saturated carbocycles. The molecule has 76 valence electrons. The van der Waals surface area contributed by atoms with Gasteiger partial charge in [-0.1, -0.05) is 0 Å². The Kier molecular flexibility index (Phi) is 3.09. The normalized spacial score (nSPS) is 10.3. The van der Waals surface area contributed by atoms with Gasteiger partial charge in [0.2, 0.25) is 0 Å². The summed E-state index contributed by atoms with van der Waals surface area (Å²) < 4.78 is 0. The van der Waals surface area contributed by atoms with E-state index in [1.165, 1.54) is 0 Å². The zero-order chi connectivity index (χ0) is 10.7. The number of nitrogen functional groups attached to an aromatic ring is 1. The molecule has 0 aliphatic heterocycles. The second-order valence-electron chi connectivity index (χ2n) is 3.47. The fourth-order valence-electron chi connectivity index (χ4n) is 1.21. The molecule has 0 unspecified atom stereocenters. The maximum absolute atomic E-state index is 11.6. The Morgan fingerprint density at radius 1 is 1.36 bits per heavy atom. The predicted molar refractivity (Wildman–Crippen MR) is 56.7 cm³/mol. The molecule has 4 nitrogen and oxygen atoms in total. The molecule has 0 fully saturated rings. The zero-order valence-corrected chi connectivity index (χ0v) is 8.66. The van der Waals surface area contributed by atoms with Gasteiger partial charge in [0.25, 0.3) is 5.91 Å². The summed E-state index contributed by atoms with van der Waals surface area (Å²) in [5.74, 6) is -0.148. The summed E-state index contributed by atoms with van der Waals surface area (Å²) in [7, 11) is 3.52. The first-order valence-corrected chi connectivity index (χ1v) is 4.34. The number of benzene rings is 1. The molecule has 0 spiro atoms. The molecule has 0 bridgehead atoms. The maximum Gasteiger partial charge on any atom is 0.265 e. The van der Waals surface area contributed by atoms with Crippen molar-refractivity contribution in [3.05, 3.63) is 29.3 Å². The van der Waals surface area contributed by atoms with E-state index < -0.39 is 0 Å². The molecule has 1 amide bonds. The second kappa shape index (κ2) is 4.11. The van der Waals surface area contributed by atoms with E-state index in [0.29, 0.717) is 11.3 Å². The van der Waals surface area contributed by atoms with E-state index in [1.807, 2.05) is 13.0 Å². The molecule has 1 aromatic carbocycles. The van der Waals surface area contributed by atoms with Crippen LogP contribution in [0, 0.1) is 6.92 Å². The van der Waals surface area contributed by atoms with Crippen molar-refractivity contribution in [2.75, 3.05) is 19.8 Å². The molecule has 14 heavy (non-hydrogen) atoms. The van der Waals surface area contributed by atoms with Gasteiger partial charge < -0.3 is 5.73 Å². The summed E-state index contributed by atoms with van der Waals surface area (Å²) in [5, 5.41) is 1.60. The Morgan fingerprint density at radius 2 is 2.00 bits per heavy atom. The first kappa shape index (κ1) is 10.5. The van der Waals surface area contributed by atoms with Crippen LogP contribution in [0.15, 0.2) is 18.2 Å². The van der Waals surface area contributed by atoms with E-state index in [9.17, 15) is 4.79 Å². The summed E-state index contributed by atoms with van der Waals surface area (Å²) >= 11 is 0. The molecule has 0 aliphatic rings. The highest BCUT2D eigenvalue weighted by Gasteiger charge is 2.06. The fourth-order valence-corrected chi connectivity index (χ4v) is 1.21. The van der Waals surface area contributed by atoms with E-state index in [1.54, 1.807) is 31.2 Å². The van der Waals surface area contributed by atoms with E-state index in [4.69, 9.17) is 5.73 Å². The molecule has 0 saturated heterocycles. The van der Waals surface area contributed by atoms with Gasteiger partial charge in [0.05, 0.1) is 0 Å². The molecule has 1 rings (SSSR count). The van der Waals surface area contributed by atoms with Crippen LogP contribution in [-0.4, -0.2) is 25.0 Å². The topological polar surface area (TPSA) is 58.4 Å². The first-order valence-electron chi connectivity index (χ1n) is 4.34. The van der Waals surface area contributed by atoms with Crippen LogP contribution in [-0.2, 0) is 0 Å². The van der Waals surface area contributed by atoms with Crippen molar-refractivity contribution < 1.29 is 4.79 Å². The molecule has 0 aliphatic carbocycles. The molecular weight excluding hydrogens is 178 g/mol. The van der Waals surface area contributed by atoms with Gasteiger partial charge in [-0.2, -0.15) is 0 Å². The molecule has 3 N–H and O–H groups in total. The number of amides is 1. The number of hydrazine groups is 1. The van der Waals surface area contributed by atoms with Crippen molar-refractivity contribution in [2.45, 2.75) is 6.92 Å². The number of hydrogen-bond acceptors (Lipinski definition) is 3. The maximum atomic E-state index is 11.6. The molecule has 0 aromatic heterocycles. The highest BCUT2D eigenvalue weighted by molar-refractivity contribution is 5.94. The van der Waals surface area contributed by atoms with E-state index >= 15 is 0 Å². The Hall–Kier alpha value is -1.55. The van der Waals surface area contributed by atoms with Crippen LogP contribution in [0.3, 0.4) is 0 Å². The molecule has 4 heteroatoms. The summed E-state index contributed by atoms with van der Waals surface area (Å²) in [6.07, 6.45) is 0. The second-order valence-corrected chi connectivity index (χ2v) is 3.47. The Balaban J connectivity index is 2.90. The van der Waals surface area contributed by atoms with Crippen LogP contribution in [0.1, 0.15) is 15.9 Å². The highest BCUT2D eigenvalue weighted by Crippen LogP contribution is 2.10. The van der Waals surface area contributed by atoms with Crippen molar-refractivity contribution in [1.29, 1.82) is 0 Å². The third-order valence-corrected chi connectivity index (χ3v) is 1.69. The number of carbonyl (C=O) groups excluding carboxylic acids is 1. The number of rotatable bonds is 2. The summed E-state index contributed by atoms with van der Waals surface area (Å²) in [6.45, 7) is 1.91. The molecule has 0 heterocycles. The van der Waals surface area contributed by atoms with Gasteiger partial charge >= 0.3 is 0 Å². The minimum Gasteiger partial charge on any atom is -0.399 e. The average Bonchev–Trinajstić information content (AvgIpc) is 2.00. The van der Waals surface area contributed by atoms with Crippen LogP contribution >= 0.6 is 0 Å². The molecule has 0 atom stereocenters. The third-order valence-electron chi connectivity index (χ3n) is 1.69. The Labute approximate surface area is 83.7 Å². The number of carbonyl (C=O) groups is 1. The van der Waals surface area contributed by atoms with Gasteiger partial charge in [-0.05, 0) is 30.7 Å². The van der Waals surface area contributed by atoms with E-state index in [0.717, 1.165) is 5.56 Å². The quantitative estimate of drug-likeness (QED) is 0.539. The van der Waals surface area contributed by atoms with Crippen molar-refractivity contribution in [1.82, 2.24) is 10.4 Å². The lowest BCUT2D eigenvalue weighted by Crippen LogP contribution is -2.36. The third kappa shape index (κ3) is 2.74. The Morgan fingerprint density at radius 3 is 2.50 bits per heavy atom.